The van der Waals surface area contributed by atoms with Crippen LogP contribution in [0.15, 0.2) is 69.1 Å². The van der Waals surface area contributed by atoms with Gasteiger partial charge in [-0.15, -0.1) is 0 Å². The van der Waals surface area contributed by atoms with E-state index in [0.29, 0.717) is 41.7 Å². The summed E-state index contributed by atoms with van der Waals surface area (Å²) in [5.74, 6) is -0.806. The number of rotatable bonds is 6. The highest BCUT2D eigenvalue weighted by molar-refractivity contribution is 9.10. The van der Waals surface area contributed by atoms with Crippen LogP contribution < -0.4 is 19.7 Å². The van der Waals surface area contributed by atoms with Gasteiger partial charge in [0.1, 0.15) is 12.2 Å². The van der Waals surface area contributed by atoms with Crippen LogP contribution in [0.25, 0.3) is 6.08 Å². The molecule has 0 aromatic heterocycles. The average Bonchev–Trinajstić information content (AvgIpc) is 2.81. The van der Waals surface area contributed by atoms with E-state index in [-0.39, 0.29) is 12.2 Å². The average molecular weight is 655 g/mol. The number of anilines is 1. The number of imide groups is 2. The number of halogens is 4. The first-order chi connectivity index (χ1) is 17.2. The van der Waals surface area contributed by atoms with Gasteiger partial charge in [0.05, 0.1) is 17.3 Å². The highest BCUT2D eigenvalue weighted by atomic mass is 79.9. The molecule has 0 radical (unpaired) electrons. The third-order valence-electron chi connectivity index (χ3n) is 5.12. The molecule has 1 heterocycles. The highest BCUT2D eigenvalue weighted by Gasteiger charge is 2.37. The van der Waals surface area contributed by atoms with Crippen molar-refractivity contribution in [2.75, 3.05) is 12.0 Å². The molecule has 3 aromatic rings. The monoisotopic (exact) mass is 652 g/mol. The van der Waals surface area contributed by atoms with Gasteiger partial charge in [0.25, 0.3) is 11.8 Å². The number of hydrogen-bond donors (Lipinski definition) is 1. The Morgan fingerprint density at radius 2 is 1.81 bits per heavy atom. The Kier molecular flexibility index (Phi) is 8.04. The topological polar surface area (TPSA) is 84.9 Å². The number of nitrogens with one attached hydrogen (secondary N) is 1. The van der Waals surface area contributed by atoms with Crippen molar-refractivity contribution < 1.29 is 23.9 Å². The molecule has 0 atom stereocenters. The highest BCUT2D eigenvalue weighted by Crippen LogP contribution is 2.38. The standard InChI is InChI=1S/C25H16Br2Cl2N2O5/c1-35-21-9-13(8-19(27)22(21)36-12-14-5-6-16(28)11-20(14)29)7-18-23(32)30-25(34)31(24(18)33)17-4-2-3-15(26)10-17/h2-11H,12H2,1H3,(H,30,32,34)/b18-7+. The van der Waals surface area contributed by atoms with E-state index in [9.17, 15) is 14.4 Å². The summed E-state index contributed by atoms with van der Waals surface area (Å²) in [6.07, 6.45) is 1.38. The molecular weight excluding hydrogens is 639 g/mol. The lowest BCUT2D eigenvalue weighted by molar-refractivity contribution is -0.122. The lowest BCUT2D eigenvalue weighted by Crippen LogP contribution is -2.54. The number of carbonyl (C=O) groups excluding carboxylic acids is 3. The minimum Gasteiger partial charge on any atom is -0.493 e. The minimum atomic E-state index is -0.830. The summed E-state index contributed by atoms with van der Waals surface area (Å²) in [7, 11) is 1.47. The van der Waals surface area contributed by atoms with E-state index >= 15 is 0 Å². The summed E-state index contributed by atoms with van der Waals surface area (Å²) in [5, 5.41) is 3.18. The molecule has 11 heteroatoms. The fourth-order valence-corrected chi connectivity index (χ4v) is 4.85. The Balaban J connectivity index is 1.64. The first-order valence-corrected chi connectivity index (χ1v) is 12.6. The zero-order chi connectivity index (χ0) is 26.0. The molecule has 0 bridgehead atoms. The number of benzene rings is 3. The van der Waals surface area contributed by atoms with Crippen LogP contribution >= 0.6 is 55.1 Å². The van der Waals surface area contributed by atoms with Crippen LogP contribution in [-0.2, 0) is 16.2 Å². The molecule has 1 saturated heterocycles. The molecule has 0 spiro atoms. The van der Waals surface area contributed by atoms with Gasteiger partial charge in [0, 0.05) is 20.1 Å². The molecule has 0 aliphatic carbocycles. The molecule has 0 unspecified atom stereocenters. The second kappa shape index (κ2) is 11.0. The molecule has 0 saturated carbocycles. The van der Waals surface area contributed by atoms with Gasteiger partial charge in [-0.25, -0.2) is 9.69 Å². The summed E-state index contributed by atoms with van der Waals surface area (Å²) in [6.45, 7) is 0.149. The predicted octanol–water partition coefficient (Wildman–Crippen LogP) is 6.77. The molecule has 1 aliphatic heterocycles. The van der Waals surface area contributed by atoms with Gasteiger partial charge < -0.3 is 9.47 Å². The van der Waals surface area contributed by atoms with Crippen LogP contribution in [0.5, 0.6) is 11.5 Å². The molecule has 3 aromatic carbocycles. The van der Waals surface area contributed by atoms with Gasteiger partial charge in [-0.3, -0.25) is 14.9 Å². The summed E-state index contributed by atoms with van der Waals surface area (Å²) in [6, 6.07) is 14.2. The van der Waals surface area contributed by atoms with Gasteiger partial charge >= 0.3 is 6.03 Å². The first kappa shape index (κ1) is 26.2. The van der Waals surface area contributed by atoms with E-state index in [1.807, 2.05) is 0 Å². The SMILES string of the molecule is COc1cc(/C=C2\C(=O)NC(=O)N(c3cccc(Br)c3)C2=O)cc(Br)c1OCc1ccc(Cl)cc1Cl. The number of methoxy groups -OCH3 is 1. The molecule has 1 fully saturated rings. The zero-order valence-electron chi connectivity index (χ0n) is 18.5. The molecule has 1 N–H and O–H groups in total. The second-order valence-corrected chi connectivity index (χ2v) is 10.1. The first-order valence-electron chi connectivity index (χ1n) is 10.3. The number of amides is 4. The fraction of sp³-hybridized carbons (Fsp3) is 0.0800. The van der Waals surface area contributed by atoms with Crippen LogP contribution in [0.1, 0.15) is 11.1 Å². The van der Waals surface area contributed by atoms with E-state index in [1.54, 1.807) is 54.6 Å². The summed E-state index contributed by atoms with van der Waals surface area (Å²) < 4.78 is 12.6. The predicted molar refractivity (Wildman–Crippen MR) is 145 cm³/mol. The summed E-state index contributed by atoms with van der Waals surface area (Å²) in [5.41, 5.74) is 1.29. The molecule has 1 aliphatic rings. The third kappa shape index (κ3) is 5.59. The second-order valence-electron chi connectivity index (χ2n) is 7.50. The third-order valence-corrected chi connectivity index (χ3v) is 6.79. The van der Waals surface area contributed by atoms with Crippen LogP contribution in [0.3, 0.4) is 0 Å². The quantitative estimate of drug-likeness (QED) is 0.234. The van der Waals surface area contributed by atoms with E-state index in [1.165, 1.54) is 13.2 Å². The lowest BCUT2D eigenvalue weighted by atomic mass is 10.1. The van der Waals surface area contributed by atoms with Crippen LogP contribution in [-0.4, -0.2) is 25.0 Å². The van der Waals surface area contributed by atoms with Crippen LogP contribution in [0.4, 0.5) is 10.5 Å². The van der Waals surface area contributed by atoms with Gasteiger partial charge in [-0.1, -0.05) is 51.3 Å². The molecule has 36 heavy (non-hydrogen) atoms. The van der Waals surface area contributed by atoms with Crippen molar-refractivity contribution in [2.24, 2.45) is 0 Å². The van der Waals surface area contributed by atoms with Crippen molar-refractivity contribution >= 4 is 84.7 Å². The van der Waals surface area contributed by atoms with Crippen molar-refractivity contribution in [3.63, 3.8) is 0 Å². The molecule has 7 nitrogen and oxygen atoms in total. The van der Waals surface area contributed by atoms with Crippen molar-refractivity contribution in [1.29, 1.82) is 0 Å². The zero-order valence-corrected chi connectivity index (χ0v) is 23.2. The molecule has 184 valence electrons. The number of urea groups is 1. The van der Waals surface area contributed by atoms with E-state index in [0.717, 1.165) is 10.5 Å². The van der Waals surface area contributed by atoms with E-state index in [4.69, 9.17) is 32.7 Å². The Morgan fingerprint density at radius 3 is 2.50 bits per heavy atom. The smallest absolute Gasteiger partial charge is 0.335 e. The maximum absolute atomic E-state index is 13.2. The normalized spacial score (nSPS) is 14.8. The van der Waals surface area contributed by atoms with E-state index < -0.39 is 17.8 Å². The number of carbonyl (C=O) groups is 3. The number of hydrogen-bond acceptors (Lipinski definition) is 5. The lowest BCUT2D eigenvalue weighted by Gasteiger charge is -2.26. The Bertz CT molecular complexity index is 1430. The number of nitrogens with zero attached hydrogens (tertiary/aromatic N) is 1. The summed E-state index contributed by atoms with van der Waals surface area (Å²) >= 11 is 19.0. The Hall–Kier alpha value is -2.85. The van der Waals surface area contributed by atoms with Crippen molar-refractivity contribution in [3.05, 3.63) is 90.3 Å². The van der Waals surface area contributed by atoms with Crippen LogP contribution in [0.2, 0.25) is 10.0 Å². The van der Waals surface area contributed by atoms with Gasteiger partial charge in [-0.2, -0.15) is 0 Å². The van der Waals surface area contributed by atoms with Crippen molar-refractivity contribution in [2.45, 2.75) is 6.61 Å². The van der Waals surface area contributed by atoms with E-state index in [2.05, 4.69) is 37.2 Å². The molecule has 4 amide bonds. The Morgan fingerprint density at radius 1 is 1.03 bits per heavy atom. The maximum atomic E-state index is 13.2. The Labute approximate surface area is 233 Å². The van der Waals surface area contributed by atoms with Gasteiger partial charge in [-0.05, 0) is 70.0 Å². The maximum Gasteiger partial charge on any atom is 0.335 e. The number of ether oxygens (including phenoxy) is 2. The molecule has 4 rings (SSSR count). The number of barbiturate groups is 1. The van der Waals surface area contributed by atoms with Crippen LogP contribution in [0, 0.1) is 0 Å². The summed E-state index contributed by atoms with van der Waals surface area (Å²) in [4.78, 5) is 39.0. The molecular formula is C25H16Br2Cl2N2O5. The van der Waals surface area contributed by atoms with Crippen molar-refractivity contribution in [1.82, 2.24) is 5.32 Å². The van der Waals surface area contributed by atoms with Gasteiger partial charge in [0.2, 0.25) is 0 Å². The fourth-order valence-electron chi connectivity index (χ4n) is 3.43. The minimum absolute atomic E-state index is 0.149. The van der Waals surface area contributed by atoms with Crippen molar-refractivity contribution in [3.8, 4) is 11.5 Å². The largest absolute Gasteiger partial charge is 0.493 e. The van der Waals surface area contributed by atoms with Gasteiger partial charge in [0.15, 0.2) is 11.5 Å².